The van der Waals surface area contributed by atoms with Crippen molar-refractivity contribution >= 4 is 34.3 Å². The van der Waals surface area contributed by atoms with Gasteiger partial charge in [0.2, 0.25) is 5.91 Å². The molecule has 4 nitrogen and oxygen atoms in total. The summed E-state index contributed by atoms with van der Waals surface area (Å²) in [5.74, 6) is 0.0198. The van der Waals surface area contributed by atoms with Crippen molar-refractivity contribution in [2.75, 3.05) is 12.4 Å². The van der Waals surface area contributed by atoms with Crippen LogP contribution < -0.4 is 5.32 Å². The SMILES string of the molecule is CC[C@H]1CCc2c(sc(NC(=O)/C=C/c3ccc(C(C)(C)C)cc3)c2C(=O)OC)C1. The van der Waals surface area contributed by atoms with Crippen LogP contribution in [0.1, 0.15) is 72.5 Å². The van der Waals surface area contributed by atoms with Crippen LogP contribution in [0, 0.1) is 5.92 Å². The van der Waals surface area contributed by atoms with Crippen molar-refractivity contribution in [2.24, 2.45) is 5.92 Å². The van der Waals surface area contributed by atoms with E-state index >= 15 is 0 Å². The normalized spacial score (nSPS) is 16.4. The van der Waals surface area contributed by atoms with Crippen molar-refractivity contribution in [3.05, 3.63) is 57.5 Å². The summed E-state index contributed by atoms with van der Waals surface area (Å²) in [5, 5.41) is 3.51. The molecule has 160 valence electrons. The van der Waals surface area contributed by atoms with Gasteiger partial charge in [-0.05, 0) is 53.4 Å². The molecule has 0 saturated heterocycles. The number of rotatable bonds is 5. The predicted molar refractivity (Wildman–Crippen MR) is 124 cm³/mol. The number of esters is 1. The van der Waals surface area contributed by atoms with Crippen LogP contribution in [-0.2, 0) is 27.8 Å². The molecule has 0 aliphatic heterocycles. The monoisotopic (exact) mass is 425 g/mol. The zero-order valence-electron chi connectivity index (χ0n) is 18.5. The lowest BCUT2D eigenvalue weighted by molar-refractivity contribution is -0.111. The molecule has 1 heterocycles. The standard InChI is InChI=1S/C25H31NO3S/c1-6-16-9-13-19-20(15-16)30-23(22(19)24(28)29-5)26-21(27)14-10-17-7-11-18(12-8-17)25(2,3)4/h7-8,10-12,14,16H,6,9,13,15H2,1-5H3,(H,26,27)/b14-10+/t16-/m0/s1. The van der Waals surface area contributed by atoms with E-state index in [1.165, 1.54) is 35.0 Å². The van der Waals surface area contributed by atoms with E-state index in [0.29, 0.717) is 16.5 Å². The fourth-order valence-corrected chi connectivity index (χ4v) is 5.18. The van der Waals surface area contributed by atoms with Crippen LogP contribution in [0.3, 0.4) is 0 Å². The molecule has 1 aromatic heterocycles. The molecular weight excluding hydrogens is 394 g/mol. The fraction of sp³-hybridized carbons (Fsp3) is 0.440. The second kappa shape index (κ2) is 9.17. The van der Waals surface area contributed by atoms with Gasteiger partial charge in [-0.15, -0.1) is 11.3 Å². The molecular formula is C25H31NO3S. The molecule has 0 spiro atoms. The van der Waals surface area contributed by atoms with E-state index in [9.17, 15) is 9.59 Å². The molecule has 1 aliphatic carbocycles. The summed E-state index contributed by atoms with van der Waals surface area (Å²) in [5.41, 5.74) is 3.89. The van der Waals surface area contributed by atoms with E-state index in [0.717, 1.165) is 36.8 Å². The smallest absolute Gasteiger partial charge is 0.341 e. The maximum absolute atomic E-state index is 12.6. The van der Waals surface area contributed by atoms with Crippen molar-refractivity contribution in [3.8, 4) is 0 Å². The van der Waals surface area contributed by atoms with Gasteiger partial charge in [0.05, 0.1) is 12.7 Å². The third-order valence-corrected chi connectivity index (χ3v) is 6.94. The Balaban J connectivity index is 1.77. The quantitative estimate of drug-likeness (QED) is 0.472. The van der Waals surface area contributed by atoms with Crippen molar-refractivity contribution in [1.29, 1.82) is 0 Å². The number of hydrogen-bond donors (Lipinski definition) is 1. The van der Waals surface area contributed by atoms with Gasteiger partial charge in [0, 0.05) is 11.0 Å². The first-order valence-electron chi connectivity index (χ1n) is 10.5. The topological polar surface area (TPSA) is 55.4 Å². The lowest BCUT2D eigenvalue weighted by Gasteiger charge is -2.20. The van der Waals surface area contributed by atoms with E-state index in [4.69, 9.17) is 4.74 Å². The average Bonchev–Trinajstić information content (AvgIpc) is 3.08. The molecule has 1 atom stereocenters. The number of methoxy groups -OCH3 is 1. The van der Waals surface area contributed by atoms with Gasteiger partial charge in [0.25, 0.3) is 0 Å². The largest absolute Gasteiger partial charge is 0.465 e. The second-order valence-corrected chi connectivity index (χ2v) is 10.0. The number of carbonyl (C=O) groups is 2. The number of fused-ring (bicyclic) bond motifs is 1. The Labute approximate surface area is 183 Å². The third-order valence-electron chi connectivity index (χ3n) is 5.77. The summed E-state index contributed by atoms with van der Waals surface area (Å²) in [6.07, 6.45) is 7.33. The molecule has 3 rings (SSSR count). The molecule has 2 aromatic rings. The lowest BCUT2D eigenvalue weighted by atomic mass is 9.86. The maximum Gasteiger partial charge on any atom is 0.341 e. The molecule has 1 aromatic carbocycles. The minimum Gasteiger partial charge on any atom is -0.465 e. The van der Waals surface area contributed by atoms with Gasteiger partial charge < -0.3 is 10.1 Å². The molecule has 1 amide bonds. The molecule has 0 unspecified atom stereocenters. The Bertz CT molecular complexity index is 948. The van der Waals surface area contributed by atoms with Crippen molar-refractivity contribution in [3.63, 3.8) is 0 Å². The minimum absolute atomic E-state index is 0.0962. The van der Waals surface area contributed by atoms with E-state index in [1.807, 2.05) is 12.1 Å². The van der Waals surface area contributed by atoms with Gasteiger partial charge in [-0.3, -0.25) is 4.79 Å². The van der Waals surface area contributed by atoms with Crippen molar-refractivity contribution in [1.82, 2.24) is 0 Å². The second-order valence-electron chi connectivity index (χ2n) is 8.91. The van der Waals surface area contributed by atoms with Gasteiger partial charge in [0.15, 0.2) is 0 Å². The first kappa shape index (κ1) is 22.3. The zero-order chi connectivity index (χ0) is 21.9. The van der Waals surface area contributed by atoms with Crippen LogP contribution in [0.15, 0.2) is 30.3 Å². The van der Waals surface area contributed by atoms with Crippen LogP contribution in [0.2, 0.25) is 0 Å². The highest BCUT2D eigenvalue weighted by molar-refractivity contribution is 7.17. The first-order valence-corrected chi connectivity index (χ1v) is 11.4. The number of thiophene rings is 1. The Morgan fingerprint density at radius 1 is 1.23 bits per heavy atom. The van der Waals surface area contributed by atoms with Gasteiger partial charge in [-0.1, -0.05) is 58.4 Å². The Hall–Kier alpha value is -2.40. The molecule has 0 radical (unpaired) electrons. The summed E-state index contributed by atoms with van der Waals surface area (Å²) in [4.78, 5) is 26.2. The highest BCUT2D eigenvalue weighted by Gasteiger charge is 2.29. The summed E-state index contributed by atoms with van der Waals surface area (Å²) in [7, 11) is 1.39. The highest BCUT2D eigenvalue weighted by atomic mass is 32.1. The van der Waals surface area contributed by atoms with E-state index in [2.05, 4.69) is 45.1 Å². The van der Waals surface area contributed by atoms with Gasteiger partial charge in [0.1, 0.15) is 5.00 Å². The van der Waals surface area contributed by atoms with Crippen LogP contribution in [0.4, 0.5) is 5.00 Å². The number of amides is 1. The number of benzene rings is 1. The lowest BCUT2D eigenvalue weighted by Crippen LogP contribution is -2.15. The third kappa shape index (κ3) is 5.01. The summed E-state index contributed by atoms with van der Waals surface area (Å²) in [6, 6.07) is 8.20. The van der Waals surface area contributed by atoms with E-state index in [1.54, 1.807) is 6.08 Å². The molecule has 1 aliphatic rings. The number of carbonyl (C=O) groups excluding carboxylic acids is 2. The van der Waals surface area contributed by atoms with Gasteiger partial charge in [-0.2, -0.15) is 0 Å². The first-order chi connectivity index (χ1) is 14.2. The molecule has 5 heteroatoms. The minimum atomic E-state index is -0.375. The van der Waals surface area contributed by atoms with Crippen LogP contribution in [-0.4, -0.2) is 19.0 Å². The molecule has 1 N–H and O–H groups in total. The van der Waals surface area contributed by atoms with Crippen molar-refractivity contribution in [2.45, 2.75) is 58.8 Å². The number of hydrogen-bond acceptors (Lipinski definition) is 4. The Morgan fingerprint density at radius 2 is 1.93 bits per heavy atom. The number of nitrogens with one attached hydrogen (secondary N) is 1. The average molecular weight is 426 g/mol. The van der Waals surface area contributed by atoms with Gasteiger partial charge in [-0.25, -0.2) is 4.79 Å². The number of anilines is 1. The van der Waals surface area contributed by atoms with Crippen LogP contribution >= 0.6 is 11.3 Å². The van der Waals surface area contributed by atoms with E-state index < -0.39 is 0 Å². The van der Waals surface area contributed by atoms with Crippen LogP contribution in [0.25, 0.3) is 6.08 Å². The zero-order valence-corrected chi connectivity index (χ0v) is 19.3. The highest BCUT2D eigenvalue weighted by Crippen LogP contribution is 2.40. The summed E-state index contributed by atoms with van der Waals surface area (Å²) in [6.45, 7) is 8.72. The van der Waals surface area contributed by atoms with Gasteiger partial charge >= 0.3 is 5.97 Å². The molecule has 0 saturated carbocycles. The predicted octanol–water partition coefficient (Wildman–Crippen LogP) is 6.00. The molecule has 0 bridgehead atoms. The maximum atomic E-state index is 12.6. The molecule has 30 heavy (non-hydrogen) atoms. The summed E-state index contributed by atoms with van der Waals surface area (Å²) < 4.78 is 5.00. The Kier molecular flexibility index (Phi) is 6.81. The van der Waals surface area contributed by atoms with Crippen molar-refractivity contribution < 1.29 is 14.3 Å². The van der Waals surface area contributed by atoms with E-state index in [-0.39, 0.29) is 17.3 Å². The summed E-state index contributed by atoms with van der Waals surface area (Å²) >= 11 is 1.51. The number of ether oxygens (including phenoxy) is 1. The fourth-order valence-electron chi connectivity index (χ4n) is 3.83. The molecule has 0 fully saturated rings. The Morgan fingerprint density at radius 3 is 2.53 bits per heavy atom. The van der Waals surface area contributed by atoms with Crippen LogP contribution in [0.5, 0.6) is 0 Å².